The highest BCUT2D eigenvalue weighted by molar-refractivity contribution is 5.62. The number of alkyl halides is 3. The minimum absolute atomic E-state index is 0.158. The van der Waals surface area contributed by atoms with Crippen molar-refractivity contribution in [1.29, 1.82) is 0 Å². The van der Waals surface area contributed by atoms with Crippen LogP contribution in [0.25, 0.3) is 0 Å². The van der Waals surface area contributed by atoms with Crippen LogP contribution in [0.5, 0.6) is 0 Å². The van der Waals surface area contributed by atoms with Crippen LogP contribution in [0.3, 0.4) is 0 Å². The van der Waals surface area contributed by atoms with E-state index in [1.165, 1.54) is 7.05 Å². The van der Waals surface area contributed by atoms with Gasteiger partial charge in [0, 0.05) is 13.1 Å². The fraction of sp³-hybridized carbons (Fsp3) is 0.250. The second kappa shape index (κ2) is 3.76. The number of nitrogens with zero attached hydrogens (tertiary/aromatic N) is 1. The lowest BCUT2D eigenvalue weighted by molar-refractivity contribution is -0.384. The van der Waals surface area contributed by atoms with Crippen molar-refractivity contribution in [3.63, 3.8) is 0 Å². The van der Waals surface area contributed by atoms with Crippen molar-refractivity contribution in [1.82, 2.24) is 0 Å². The molecule has 1 N–H and O–H groups in total. The Morgan fingerprint density at radius 2 is 2.00 bits per heavy atom. The van der Waals surface area contributed by atoms with Gasteiger partial charge in [-0.3, -0.25) is 10.1 Å². The predicted molar refractivity (Wildman–Crippen MR) is 47.6 cm³/mol. The van der Waals surface area contributed by atoms with Gasteiger partial charge in [-0.05, 0) is 12.1 Å². The number of nitro groups is 1. The second-order valence-corrected chi connectivity index (χ2v) is 2.74. The summed E-state index contributed by atoms with van der Waals surface area (Å²) in [6, 6.07) is 2.21. The average molecular weight is 220 g/mol. The van der Waals surface area contributed by atoms with Gasteiger partial charge in [0.2, 0.25) is 0 Å². The molecule has 0 saturated heterocycles. The van der Waals surface area contributed by atoms with E-state index in [-0.39, 0.29) is 11.4 Å². The van der Waals surface area contributed by atoms with E-state index in [2.05, 4.69) is 5.32 Å². The van der Waals surface area contributed by atoms with Gasteiger partial charge in [-0.2, -0.15) is 13.2 Å². The largest absolute Gasteiger partial charge is 0.416 e. The summed E-state index contributed by atoms with van der Waals surface area (Å²) in [4.78, 5) is 9.68. The van der Waals surface area contributed by atoms with Crippen molar-refractivity contribution >= 4 is 11.4 Å². The summed E-state index contributed by atoms with van der Waals surface area (Å²) >= 11 is 0. The number of hydrogen-bond acceptors (Lipinski definition) is 3. The molecular formula is C8H7F3N2O2. The van der Waals surface area contributed by atoms with Gasteiger partial charge >= 0.3 is 6.18 Å². The topological polar surface area (TPSA) is 55.2 Å². The lowest BCUT2D eigenvalue weighted by atomic mass is 10.1. The molecule has 0 amide bonds. The van der Waals surface area contributed by atoms with Crippen LogP contribution >= 0.6 is 0 Å². The summed E-state index contributed by atoms with van der Waals surface area (Å²) in [5.74, 6) is 0. The molecule has 1 aromatic carbocycles. The Balaban J connectivity index is 3.25. The van der Waals surface area contributed by atoms with E-state index in [1.54, 1.807) is 0 Å². The van der Waals surface area contributed by atoms with Gasteiger partial charge in [-0.1, -0.05) is 0 Å². The molecule has 15 heavy (non-hydrogen) atoms. The van der Waals surface area contributed by atoms with Crippen molar-refractivity contribution in [3.05, 3.63) is 33.9 Å². The Bertz CT molecular complexity index is 390. The van der Waals surface area contributed by atoms with Gasteiger partial charge in [-0.25, -0.2) is 0 Å². The van der Waals surface area contributed by atoms with E-state index in [9.17, 15) is 23.3 Å². The fourth-order valence-electron chi connectivity index (χ4n) is 1.07. The van der Waals surface area contributed by atoms with Crippen LogP contribution in [0.15, 0.2) is 18.2 Å². The lowest BCUT2D eigenvalue weighted by Crippen LogP contribution is -2.06. The third-order valence-corrected chi connectivity index (χ3v) is 1.79. The average Bonchev–Trinajstić information content (AvgIpc) is 2.15. The number of nitrogens with one attached hydrogen (secondary N) is 1. The molecule has 0 heterocycles. The zero-order valence-corrected chi connectivity index (χ0v) is 7.63. The predicted octanol–water partition coefficient (Wildman–Crippen LogP) is 2.66. The van der Waals surface area contributed by atoms with Crippen molar-refractivity contribution < 1.29 is 18.1 Å². The number of benzene rings is 1. The van der Waals surface area contributed by atoms with Crippen LogP contribution in [0.4, 0.5) is 24.5 Å². The molecule has 0 saturated carbocycles. The normalized spacial score (nSPS) is 11.2. The Morgan fingerprint density at radius 1 is 1.40 bits per heavy atom. The molecule has 0 aliphatic heterocycles. The first-order valence-corrected chi connectivity index (χ1v) is 3.89. The van der Waals surface area contributed by atoms with E-state index >= 15 is 0 Å². The van der Waals surface area contributed by atoms with Crippen LogP contribution in [0.1, 0.15) is 5.56 Å². The van der Waals surface area contributed by atoms with Crippen molar-refractivity contribution in [2.75, 3.05) is 12.4 Å². The molecule has 7 heteroatoms. The Kier molecular flexibility index (Phi) is 2.83. The summed E-state index contributed by atoms with van der Waals surface area (Å²) < 4.78 is 36.7. The van der Waals surface area contributed by atoms with Crippen molar-refractivity contribution in [2.45, 2.75) is 6.18 Å². The highest BCUT2D eigenvalue weighted by Crippen LogP contribution is 2.34. The molecule has 0 atom stereocenters. The Hall–Kier alpha value is -1.79. The fourth-order valence-corrected chi connectivity index (χ4v) is 1.07. The maximum atomic E-state index is 12.2. The molecule has 0 aliphatic rings. The van der Waals surface area contributed by atoms with Crippen LogP contribution in [0, 0.1) is 10.1 Å². The smallest absolute Gasteiger partial charge is 0.383 e. The monoisotopic (exact) mass is 220 g/mol. The third kappa shape index (κ3) is 2.36. The minimum Gasteiger partial charge on any atom is -0.383 e. The molecule has 0 radical (unpaired) electrons. The second-order valence-electron chi connectivity index (χ2n) is 2.74. The molecule has 0 fully saturated rings. The number of hydrogen-bond donors (Lipinski definition) is 1. The van der Waals surface area contributed by atoms with Crippen molar-refractivity contribution in [2.24, 2.45) is 0 Å². The minimum atomic E-state index is -4.50. The van der Waals surface area contributed by atoms with E-state index in [1.807, 2.05) is 0 Å². The first-order valence-electron chi connectivity index (χ1n) is 3.89. The molecule has 0 unspecified atom stereocenters. The standard InChI is InChI=1S/C8H7F3N2O2/c1-12-6-4-5(8(9,10)11)2-3-7(6)13(14)15/h2-4,12H,1H3. The van der Waals surface area contributed by atoms with E-state index in [0.29, 0.717) is 12.1 Å². The summed E-state index contributed by atoms with van der Waals surface area (Å²) in [5.41, 5.74) is -1.46. The molecule has 0 aliphatic carbocycles. The number of nitro benzene ring substituents is 1. The molecule has 1 rings (SSSR count). The SMILES string of the molecule is CNc1cc(C(F)(F)F)ccc1[N+](=O)[O-]. The van der Waals surface area contributed by atoms with Crippen LogP contribution in [0.2, 0.25) is 0 Å². The summed E-state index contributed by atoms with van der Waals surface area (Å²) in [7, 11) is 1.32. The highest BCUT2D eigenvalue weighted by atomic mass is 19.4. The van der Waals surface area contributed by atoms with Gasteiger partial charge in [0.15, 0.2) is 0 Å². The Labute approximate surface area is 82.9 Å². The third-order valence-electron chi connectivity index (χ3n) is 1.79. The van der Waals surface area contributed by atoms with Crippen LogP contribution in [-0.2, 0) is 6.18 Å². The van der Waals surface area contributed by atoms with E-state index in [0.717, 1.165) is 6.07 Å². The van der Waals surface area contributed by atoms with Gasteiger partial charge in [0.05, 0.1) is 10.5 Å². The quantitative estimate of drug-likeness (QED) is 0.615. The highest BCUT2D eigenvalue weighted by Gasteiger charge is 2.32. The molecular weight excluding hydrogens is 213 g/mol. The molecule has 82 valence electrons. The zero-order chi connectivity index (χ0) is 11.6. The van der Waals surface area contributed by atoms with Crippen LogP contribution < -0.4 is 5.32 Å². The summed E-state index contributed by atoms with van der Waals surface area (Å²) in [5, 5.41) is 12.8. The summed E-state index contributed by atoms with van der Waals surface area (Å²) in [6.45, 7) is 0. The molecule has 1 aromatic rings. The van der Waals surface area contributed by atoms with Gasteiger partial charge < -0.3 is 5.32 Å². The maximum absolute atomic E-state index is 12.2. The van der Waals surface area contributed by atoms with Gasteiger partial charge in [-0.15, -0.1) is 0 Å². The maximum Gasteiger partial charge on any atom is 0.416 e. The van der Waals surface area contributed by atoms with E-state index in [4.69, 9.17) is 0 Å². The van der Waals surface area contributed by atoms with Gasteiger partial charge in [0.25, 0.3) is 5.69 Å². The zero-order valence-electron chi connectivity index (χ0n) is 7.63. The van der Waals surface area contributed by atoms with Gasteiger partial charge in [0.1, 0.15) is 5.69 Å². The molecule has 0 spiro atoms. The first kappa shape index (κ1) is 11.3. The molecule has 4 nitrogen and oxygen atoms in total. The summed E-state index contributed by atoms with van der Waals surface area (Å²) in [6.07, 6.45) is -4.50. The van der Waals surface area contributed by atoms with Crippen LogP contribution in [-0.4, -0.2) is 12.0 Å². The number of anilines is 1. The Morgan fingerprint density at radius 3 is 2.40 bits per heavy atom. The van der Waals surface area contributed by atoms with E-state index < -0.39 is 16.7 Å². The number of halogens is 3. The van der Waals surface area contributed by atoms with Crippen molar-refractivity contribution in [3.8, 4) is 0 Å². The molecule has 0 bridgehead atoms. The molecule has 0 aromatic heterocycles. The first-order chi connectivity index (χ1) is 6.86. The lowest BCUT2D eigenvalue weighted by Gasteiger charge is -2.08. The number of rotatable bonds is 2.